The Kier molecular flexibility index (Phi) is 140. The van der Waals surface area contributed by atoms with E-state index >= 15 is 0 Å². The number of rotatable bonds is 37. The monoisotopic (exact) mass is 2180 g/mol. The van der Waals surface area contributed by atoms with Gasteiger partial charge >= 0.3 is 5.97 Å². The summed E-state index contributed by atoms with van der Waals surface area (Å²) in [6.45, 7) is 16.9. The second-order valence-electron chi connectivity index (χ2n) is 26.8. The summed E-state index contributed by atoms with van der Waals surface area (Å²) < 4.78 is 64.6. The first-order chi connectivity index (χ1) is 65.9. The number of alkyl halides is 1. The molecule has 29 atom stereocenters. The number of carbonyl (C=O) groups is 7. The van der Waals surface area contributed by atoms with Crippen LogP contribution < -0.4 is 0 Å². The number of aldehydes is 4. The average molecular weight is 2180 g/mol. The highest BCUT2D eigenvalue weighted by molar-refractivity contribution is 5.84. The fourth-order valence-electron chi connectivity index (χ4n) is 9.18. The normalized spacial score (nSPS) is 24.2. The van der Waals surface area contributed by atoms with Crippen molar-refractivity contribution in [3.63, 3.8) is 0 Å². The number of hydrogen-bond acceptors (Lipinski definition) is 57. The lowest BCUT2D eigenvalue weighted by Crippen LogP contribution is -2.62. The van der Waals surface area contributed by atoms with Gasteiger partial charge in [0, 0.05) is 72.5 Å². The van der Waals surface area contributed by atoms with Crippen molar-refractivity contribution in [2.75, 3.05) is 146 Å². The average Bonchev–Trinajstić information content (AvgIpc) is 1.62. The van der Waals surface area contributed by atoms with Crippen molar-refractivity contribution in [1.29, 1.82) is 0 Å². The molecule has 0 spiro atoms. The van der Waals surface area contributed by atoms with E-state index in [1.165, 1.54) is 13.0 Å². The summed E-state index contributed by atoms with van der Waals surface area (Å²) in [6.07, 6.45) is -39.2. The molecule has 2 unspecified atom stereocenters. The van der Waals surface area contributed by atoms with Crippen molar-refractivity contribution in [2.24, 2.45) is 0 Å². The molecule has 0 amide bonds. The molecule has 888 valence electrons. The maximum absolute atomic E-state index is 10.6. The van der Waals surface area contributed by atoms with Gasteiger partial charge in [0.2, 0.25) is 11.6 Å². The molecule has 41 N–H and O–H groups in total. The third-order valence-electron chi connectivity index (χ3n) is 16.0. The number of Topliss-reactive ketones (excluding diaryl/α,β-unsaturated/α-hetero) is 2. The largest absolute Gasteiger partial charge is 0.466 e. The van der Waals surface area contributed by atoms with Gasteiger partial charge in [-0.3, -0.25) is 23.6 Å². The lowest BCUT2D eigenvalue weighted by molar-refractivity contribution is -0.383. The Morgan fingerprint density at radius 1 is 0.397 bits per heavy atom. The molecule has 2 aromatic heterocycles. The number of hydrogen-bond donors (Lipinski definition) is 39. The van der Waals surface area contributed by atoms with E-state index in [1.54, 1.807) is 87.4 Å². The summed E-state index contributed by atoms with van der Waals surface area (Å²) in [5.41, 5.74) is 0. The van der Waals surface area contributed by atoms with E-state index < -0.39 is 249 Å². The van der Waals surface area contributed by atoms with E-state index in [4.69, 9.17) is 190 Å². The molecule has 4 fully saturated rings. The van der Waals surface area contributed by atoms with Gasteiger partial charge in [0.05, 0.1) is 66.5 Å². The Labute approximate surface area is 850 Å². The fourth-order valence-corrected chi connectivity index (χ4v) is 9.18. The Bertz CT molecular complexity index is 3010. The number of ether oxygens (including phenoxy) is 9. The molecule has 0 saturated carbocycles. The Hall–Kier alpha value is -5.94. The van der Waals surface area contributed by atoms with Crippen LogP contribution in [0.5, 0.6) is 0 Å². The lowest BCUT2D eigenvalue weighted by atomic mass is 9.99. The Balaban J connectivity index is -0.0000000836. The molecule has 0 radical (unpaired) electrons. The second kappa shape index (κ2) is 115. The van der Waals surface area contributed by atoms with E-state index in [0.717, 1.165) is 0 Å². The van der Waals surface area contributed by atoms with E-state index in [2.05, 4.69) is 4.74 Å². The summed E-state index contributed by atoms with van der Waals surface area (Å²) in [6, 6.07) is 6.43. The van der Waals surface area contributed by atoms with Crippen molar-refractivity contribution in [2.45, 2.75) is 323 Å². The van der Waals surface area contributed by atoms with Crippen molar-refractivity contribution in [1.82, 2.24) is 0 Å². The zero-order chi connectivity index (χ0) is 112. The van der Waals surface area contributed by atoms with Gasteiger partial charge in [-0.05, 0) is 107 Å². The summed E-state index contributed by atoms with van der Waals surface area (Å²) in [7, 11) is 0.500. The predicted octanol–water partition coefficient (Wildman–Crippen LogP) is -13.8. The van der Waals surface area contributed by atoms with Gasteiger partial charge in [0.15, 0.2) is 55.0 Å². The van der Waals surface area contributed by atoms with Crippen LogP contribution in [-0.2, 0) is 79.8 Å². The Morgan fingerprint density at radius 2 is 0.719 bits per heavy atom. The van der Waals surface area contributed by atoms with Crippen LogP contribution in [0.2, 0.25) is 0 Å². The molecule has 6 heterocycles. The van der Waals surface area contributed by atoms with E-state index in [1.807, 2.05) is 6.92 Å². The molecule has 0 bridgehead atoms. The minimum atomic E-state index is -2.22. The molecule has 0 aromatic carbocycles. The zero-order valence-electron chi connectivity index (χ0n) is 81.1. The summed E-state index contributed by atoms with van der Waals surface area (Å²) >= 11 is 0. The first-order valence-corrected chi connectivity index (χ1v) is 42.9. The molecule has 59 heteroatoms. The lowest BCUT2D eigenvalue weighted by Gasteiger charge is -2.43. The maximum Gasteiger partial charge on any atom is 0.306 e. The highest BCUT2D eigenvalue weighted by atomic mass is 19.1. The predicted molar refractivity (Wildman–Crippen MR) is 511 cm³/mol. The minimum Gasteiger partial charge on any atom is -0.466 e. The molecule has 2 aromatic rings. The number of ketones is 2. The molecular weight excluding hydrogens is 1990 g/mol. The van der Waals surface area contributed by atoms with Crippen LogP contribution >= 0.6 is 0 Å². The summed E-state index contributed by atoms with van der Waals surface area (Å²) in [5.74, 6) is -3.41. The van der Waals surface area contributed by atoms with Crippen LogP contribution in [0.4, 0.5) is 4.39 Å². The van der Waals surface area contributed by atoms with Crippen LogP contribution in [0.25, 0.3) is 0 Å². The first-order valence-electron chi connectivity index (χ1n) is 42.9. The van der Waals surface area contributed by atoms with E-state index in [9.17, 15) is 94.1 Å². The smallest absolute Gasteiger partial charge is 0.306 e. The van der Waals surface area contributed by atoms with Gasteiger partial charge in [0.1, 0.15) is 203 Å². The van der Waals surface area contributed by atoms with Gasteiger partial charge in [-0.25, -0.2) is 0 Å². The number of aliphatic hydroxyl groups is 39. The molecule has 0 aliphatic carbocycles. The van der Waals surface area contributed by atoms with Gasteiger partial charge in [-0.2, -0.15) is 0 Å². The highest BCUT2D eigenvalue weighted by Gasteiger charge is 2.59. The molecule has 146 heavy (non-hydrogen) atoms. The quantitative estimate of drug-likeness (QED) is 0.0221. The van der Waals surface area contributed by atoms with Crippen molar-refractivity contribution < 1.29 is 294 Å². The topological polar surface area (TPSA) is 1050 Å². The van der Waals surface area contributed by atoms with Crippen LogP contribution in [-0.4, -0.2) is 570 Å². The maximum atomic E-state index is 10.6. The number of aliphatic hydroxyl groups excluding tert-OH is 39. The van der Waals surface area contributed by atoms with Gasteiger partial charge in [0.25, 0.3) is 0 Å². The van der Waals surface area contributed by atoms with Crippen LogP contribution in [0.15, 0.2) is 33.1 Å². The van der Waals surface area contributed by atoms with Gasteiger partial charge < -0.3 is 270 Å². The zero-order valence-corrected chi connectivity index (χ0v) is 81.1. The molecule has 4 saturated heterocycles. The highest BCUT2D eigenvalue weighted by Crippen LogP contribution is 2.37. The van der Waals surface area contributed by atoms with Gasteiger partial charge in [-0.1, -0.05) is 37.1 Å². The van der Waals surface area contributed by atoms with E-state index in [0.29, 0.717) is 69.9 Å². The molecule has 58 nitrogen and oxygen atoms in total. The van der Waals surface area contributed by atoms with Crippen LogP contribution in [0.3, 0.4) is 0 Å². The molecule has 6 rings (SSSR count). The van der Waals surface area contributed by atoms with E-state index in [-0.39, 0.29) is 139 Å². The molecule has 4 aliphatic heterocycles. The fraction of sp³-hybridized carbons (Fsp3) is 0.828. The third-order valence-corrected chi connectivity index (χ3v) is 16.0. The van der Waals surface area contributed by atoms with Crippen LogP contribution in [0.1, 0.15) is 166 Å². The van der Waals surface area contributed by atoms with Crippen molar-refractivity contribution >= 4 is 42.7 Å². The van der Waals surface area contributed by atoms with Crippen molar-refractivity contribution in [3.8, 4) is 0 Å². The second-order valence-corrected chi connectivity index (χ2v) is 26.8. The standard InChI is InChI=1S/C12H22O11.2C8H16O6.C8H10O3.C7H12O3.3C6H12O6.C6H6O3.7C2H6O.CH3F.5CH4.H2O/c13-1-4-6(16)8(18)9(19)11(21-4)23-12(3-15)10(20)7(17)5(2-14)22-12;1-2-13-8(4-10)7(12)6(11)5(3-9)14-8;1-2-13-8-7(12)6(11)5(10)4(3-9)14-8;1-2-10-6-8-4-3-7(5-9)11-8;1-3-10-7(9)5-4-6(2)8;3*7-1-3(9)5(11)6(12)4(10)2-8;7-3-5-1-2-6(4-8)9-5;7*1-2-3;1-2;;;;;;/h4-11,13-20H,1-3H2;5-7,9-12H,2-4H2,1H3;4-12H,2-3H2,1H3;3-5H,2,6H2,1H3;3-5H2,1-2H3;3,5-9,11-12H,1-2H2;2*1,3-6,8-12H,2H2;1-3,8H,4H2;7*3H,2H2,1H3;1H3;5*1H4;1H2/t4-,5-,6-,7-,8+,9-,10+,11-,12+;5-,6-,7+,8?;4-,5-,6+,7-,8?;;;3-,5-,6-;3-,4+,5+,6+;3-,4-,5-,6-;;;;;;;;;;;;;;;/m111..101.............../s1. The molecule has 4 aliphatic rings. The summed E-state index contributed by atoms with van der Waals surface area (Å²) in [5, 5.41) is 342. The summed E-state index contributed by atoms with van der Waals surface area (Å²) in [4.78, 5) is 71.4. The SMILES string of the molecule is C.C.C.C.C.CCO.CCO.CCO.CCO.CCO.CCO.CCO.CCOC(=O)CCC(C)=O.CCOC1(CO)O[C@H](CO)[C@@H](O)[C@@H]1O.CCOC1O[C@H](CO)[C@@H](O)[C@H](O)[C@H]1O.CCOCc1ccc(C=O)o1.CF.O.O=C(CO)[C@@H](O)[C@H](O)[C@H](O)CO.O=C[C@@H](O)[C@@H](O)[C@H](O)[C@H](O)CO.O=C[C@H](O)[C@@H](O)[C@H](O)[C@H](O)CO.O=Cc1ccc(CO)o1.OC[C@H]1O[C@@](CO)(O[C@H]2O[C@H](CO)[C@@H](O)[C@H](O)[C@H]2O)[C@@H](O)[C@@H]1O. The van der Waals surface area contributed by atoms with Crippen molar-refractivity contribution in [3.05, 3.63) is 47.3 Å². The van der Waals surface area contributed by atoms with Crippen LogP contribution in [0, 0.1) is 0 Å². The number of furan rings is 2. The number of halogens is 1. The minimum absolute atomic E-state index is 0. The van der Waals surface area contributed by atoms with Gasteiger partial charge in [-0.15, -0.1) is 0 Å². The Morgan fingerprint density at radius 3 is 0.986 bits per heavy atom. The first kappa shape index (κ1) is 179. The number of esters is 1. The molecular formula is C87H185FO58. The third kappa shape index (κ3) is 78.2. The number of carbonyl (C=O) groups excluding carboxylic acids is 7.